The average Bonchev–Trinajstić information content (AvgIpc) is 3.33. The Labute approximate surface area is 243 Å². The predicted molar refractivity (Wildman–Crippen MR) is 170 cm³/mol. The molecule has 0 radical (unpaired) electrons. The van der Waals surface area contributed by atoms with Crippen molar-refractivity contribution in [3.05, 3.63) is 162 Å². The fourth-order valence-electron chi connectivity index (χ4n) is 7.36. The van der Waals surface area contributed by atoms with E-state index < -0.39 is 5.41 Å². The van der Waals surface area contributed by atoms with Crippen molar-refractivity contribution in [2.75, 3.05) is 0 Å². The first-order valence-electron chi connectivity index (χ1n) is 13.8. The molecule has 0 fully saturated rings. The zero-order valence-electron chi connectivity index (χ0n) is 21.7. The van der Waals surface area contributed by atoms with Gasteiger partial charge in [0.1, 0.15) is 0 Å². The third kappa shape index (κ3) is 2.92. The van der Waals surface area contributed by atoms with Crippen molar-refractivity contribution in [1.82, 2.24) is 0 Å². The Morgan fingerprint density at radius 2 is 1.07 bits per heavy atom. The van der Waals surface area contributed by atoms with Crippen LogP contribution >= 0.6 is 23.5 Å². The molecular formula is C37H23BS2. The van der Waals surface area contributed by atoms with Crippen molar-refractivity contribution in [1.29, 1.82) is 0 Å². The molecule has 0 spiro atoms. The lowest BCUT2D eigenvalue weighted by Gasteiger charge is -2.38. The van der Waals surface area contributed by atoms with Crippen molar-refractivity contribution in [3.63, 3.8) is 0 Å². The molecular weight excluding hydrogens is 519 g/mol. The van der Waals surface area contributed by atoms with Crippen LogP contribution in [0.5, 0.6) is 0 Å². The summed E-state index contributed by atoms with van der Waals surface area (Å²) in [4.78, 5) is 5.56. The summed E-state index contributed by atoms with van der Waals surface area (Å²) in [5, 5.41) is 0. The minimum Gasteiger partial charge on any atom is -0.0911 e. The zero-order chi connectivity index (χ0) is 26.3. The molecule has 3 heteroatoms. The number of hydrogen-bond acceptors (Lipinski definition) is 2. The summed E-state index contributed by atoms with van der Waals surface area (Å²) in [5.74, 6) is 0. The lowest BCUT2D eigenvalue weighted by molar-refractivity contribution is 0.753. The van der Waals surface area contributed by atoms with E-state index in [0.29, 0.717) is 0 Å². The van der Waals surface area contributed by atoms with Gasteiger partial charge in [0.05, 0.1) is 5.41 Å². The molecule has 0 unspecified atom stereocenters. The lowest BCUT2D eigenvalue weighted by Crippen LogP contribution is -2.58. The molecule has 40 heavy (non-hydrogen) atoms. The molecule has 2 heterocycles. The van der Waals surface area contributed by atoms with Crippen LogP contribution < -0.4 is 16.4 Å². The lowest BCUT2D eigenvalue weighted by atomic mass is 9.36. The first kappa shape index (κ1) is 22.9. The van der Waals surface area contributed by atoms with Gasteiger partial charge in [0.25, 0.3) is 0 Å². The van der Waals surface area contributed by atoms with Crippen molar-refractivity contribution in [2.24, 2.45) is 0 Å². The van der Waals surface area contributed by atoms with Crippen molar-refractivity contribution in [3.8, 4) is 11.1 Å². The number of hydrogen-bond donors (Lipinski definition) is 0. The van der Waals surface area contributed by atoms with Crippen LogP contribution in [0.2, 0.25) is 0 Å². The van der Waals surface area contributed by atoms with E-state index in [1.807, 2.05) is 23.5 Å². The highest BCUT2D eigenvalue weighted by molar-refractivity contribution is 8.01. The minimum atomic E-state index is -0.398. The zero-order valence-corrected chi connectivity index (χ0v) is 23.3. The Hall–Kier alpha value is -3.92. The van der Waals surface area contributed by atoms with Gasteiger partial charge in [-0.1, -0.05) is 156 Å². The third-order valence-corrected chi connectivity index (χ3v) is 11.3. The van der Waals surface area contributed by atoms with Gasteiger partial charge in [-0.2, -0.15) is 0 Å². The summed E-state index contributed by atoms with van der Waals surface area (Å²) >= 11 is 3.90. The highest BCUT2D eigenvalue weighted by atomic mass is 32.2. The van der Waals surface area contributed by atoms with Gasteiger partial charge in [-0.25, -0.2) is 0 Å². The standard InChI is InChI=1S/C37H23BS2/c1-3-12-24(13-4-1)37(25-14-5-2-6-15-25)28-17-8-7-16-26(28)27-22-23-30-36(34(27)37)40-33-21-11-20-32-35(33)38(30)29-18-9-10-19-31(29)39-32/h1-23H. The molecule has 186 valence electrons. The van der Waals surface area contributed by atoms with Crippen molar-refractivity contribution >= 4 is 46.6 Å². The largest absolute Gasteiger partial charge is 0.247 e. The molecule has 0 saturated carbocycles. The normalized spacial score (nSPS) is 14.9. The van der Waals surface area contributed by atoms with Gasteiger partial charge in [-0.15, -0.1) is 0 Å². The second-order valence-electron chi connectivity index (χ2n) is 10.8. The van der Waals surface area contributed by atoms with Crippen LogP contribution in [-0.4, -0.2) is 6.71 Å². The highest BCUT2D eigenvalue weighted by Gasteiger charge is 2.50. The summed E-state index contributed by atoms with van der Waals surface area (Å²) in [5.41, 5.74) is 12.1. The van der Waals surface area contributed by atoms with E-state index in [9.17, 15) is 0 Å². The monoisotopic (exact) mass is 542 g/mol. The Morgan fingerprint density at radius 1 is 0.450 bits per heavy atom. The van der Waals surface area contributed by atoms with E-state index in [4.69, 9.17) is 0 Å². The Balaban J connectivity index is 1.44. The fourth-order valence-corrected chi connectivity index (χ4v) is 9.97. The summed E-state index contributed by atoms with van der Waals surface area (Å²) in [6, 6.07) is 52.2. The van der Waals surface area contributed by atoms with Crippen LogP contribution in [0.3, 0.4) is 0 Å². The predicted octanol–water partition coefficient (Wildman–Crippen LogP) is 7.50. The molecule has 0 nitrogen and oxygen atoms in total. The van der Waals surface area contributed by atoms with Gasteiger partial charge in [0.15, 0.2) is 0 Å². The molecule has 0 bridgehead atoms. The van der Waals surface area contributed by atoms with Crippen molar-refractivity contribution in [2.45, 2.75) is 25.0 Å². The van der Waals surface area contributed by atoms with Gasteiger partial charge in [-0.05, 0) is 57.0 Å². The van der Waals surface area contributed by atoms with Crippen LogP contribution in [0, 0.1) is 0 Å². The quantitative estimate of drug-likeness (QED) is 0.208. The first-order chi connectivity index (χ1) is 19.9. The third-order valence-electron chi connectivity index (χ3n) is 8.89. The summed E-state index contributed by atoms with van der Waals surface area (Å²) in [6.45, 7) is 0.234. The number of fused-ring (bicyclic) bond motifs is 8. The van der Waals surface area contributed by atoms with E-state index in [0.717, 1.165) is 0 Å². The summed E-state index contributed by atoms with van der Waals surface area (Å²) < 4.78 is 0. The average molecular weight is 543 g/mol. The van der Waals surface area contributed by atoms with E-state index in [1.54, 1.807) is 0 Å². The number of benzene rings is 6. The maximum absolute atomic E-state index is 2.43. The molecule has 1 aliphatic carbocycles. The SMILES string of the molecule is c1ccc(C2(c3ccccc3)c3ccccc3-c3ccc4c(c32)Sc2cccc3c2B4c2ccccc2S3)cc1. The first-order valence-corrected chi connectivity index (χ1v) is 15.4. The summed E-state index contributed by atoms with van der Waals surface area (Å²) in [6.07, 6.45) is 0. The molecule has 6 aromatic carbocycles. The van der Waals surface area contributed by atoms with Gasteiger partial charge in [-0.3, -0.25) is 0 Å². The summed E-state index contributed by atoms with van der Waals surface area (Å²) in [7, 11) is 0. The molecule has 0 N–H and O–H groups in total. The maximum atomic E-state index is 2.43. The van der Waals surface area contributed by atoms with Crippen LogP contribution in [0.4, 0.5) is 0 Å². The van der Waals surface area contributed by atoms with Crippen LogP contribution in [-0.2, 0) is 5.41 Å². The second-order valence-corrected chi connectivity index (χ2v) is 12.9. The molecule has 6 aromatic rings. The smallest absolute Gasteiger partial charge is 0.0911 e. The van der Waals surface area contributed by atoms with E-state index in [1.165, 1.54) is 69.4 Å². The van der Waals surface area contributed by atoms with Gasteiger partial charge < -0.3 is 0 Å². The molecule has 3 aliphatic rings. The highest BCUT2D eigenvalue weighted by Crippen LogP contribution is 2.59. The van der Waals surface area contributed by atoms with Gasteiger partial charge in [0, 0.05) is 19.6 Å². The number of rotatable bonds is 2. The molecule has 0 saturated heterocycles. The molecule has 9 rings (SSSR count). The molecule has 0 atom stereocenters. The van der Waals surface area contributed by atoms with Gasteiger partial charge in [0.2, 0.25) is 6.71 Å². The van der Waals surface area contributed by atoms with Crippen molar-refractivity contribution < 1.29 is 0 Å². The topological polar surface area (TPSA) is 0 Å². The minimum absolute atomic E-state index is 0.234. The van der Waals surface area contributed by atoms with E-state index in [2.05, 4.69) is 140 Å². The van der Waals surface area contributed by atoms with E-state index in [-0.39, 0.29) is 6.71 Å². The Morgan fingerprint density at radius 3 is 1.85 bits per heavy atom. The van der Waals surface area contributed by atoms with Crippen LogP contribution in [0.15, 0.2) is 159 Å². The fraction of sp³-hybridized carbons (Fsp3) is 0.0270. The van der Waals surface area contributed by atoms with Crippen LogP contribution in [0.1, 0.15) is 22.3 Å². The molecule has 0 aromatic heterocycles. The molecule has 2 aliphatic heterocycles. The van der Waals surface area contributed by atoms with E-state index >= 15 is 0 Å². The maximum Gasteiger partial charge on any atom is 0.247 e. The van der Waals surface area contributed by atoms with Gasteiger partial charge >= 0.3 is 0 Å². The second kappa shape index (κ2) is 8.54. The Kier molecular flexibility index (Phi) is 4.88. The van der Waals surface area contributed by atoms with Crippen LogP contribution in [0.25, 0.3) is 11.1 Å². The molecule has 0 amide bonds. The Bertz CT molecular complexity index is 1920.